The van der Waals surface area contributed by atoms with Crippen LogP contribution in [0.4, 0.5) is 0 Å². The summed E-state index contributed by atoms with van der Waals surface area (Å²) in [6.07, 6.45) is 0. The molecule has 7 rings (SSSR count). The molecule has 0 unspecified atom stereocenters. The first-order valence-electron chi connectivity index (χ1n) is 14.4. The number of fused-ring (bicyclic) bond motifs is 2. The Bertz CT molecular complexity index is 1930. The summed E-state index contributed by atoms with van der Waals surface area (Å²) in [5.74, 6) is -0.310. The largest absolute Gasteiger partial charge is 0.402 e. The van der Waals surface area contributed by atoms with Crippen molar-refractivity contribution >= 4 is 37.8 Å². The molecule has 0 fully saturated rings. The number of carbonyl (C=O) groups is 1. The smallest absolute Gasteiger partial charge is 0.313 e. The summed E-state index contributed by atoms with van der Waals surface area (Å²) in [4.78, 5) is 15.8. The van der Waals surface area contributed by atoms with Crippen molar-refractivity contribution in [1.29, 1.82) is 0 Å². The van der Waals surface area contributed by atoms with Crippen LogP contribution in [0.15, 0.2) is 178 Å². The van der Waals surface area contributed by atoms with Gasteiger partial charge in [0, 0.05) is 21.6 Å². The van der Waals surface area contributed by atoms with E-state index in [0.29, 0.717) is 0 Å². The van der Waals surface area contributed by atoms with E-state index in [4.69, 9.17) is 4.18 Å². The Kier molecular flexibility index (Phi) is 7.02. The maximum absolute atomic E-state index is 12.8. The third kappa shape index (κ3) is 4.88. The van der Waals surface area contributed by atoms with Gasteiger partial charge in [-0.05, 0) is 90.5 Å². The van der Waals surface area contributed by atoms with Crippen molar-refractivity contribution in [2.75, 3.05) is 0 Å². The second-order valence-electron chi connectivity index (χ2n) is 10.5. The zero-order valence-corrected chi connectivity index (χ0v) is 24.6. The molecule has 43 heavy (non-hydrogen) atoms. The fourth-order valence-corrected chi connectivity index (χ4v) is 8.98. The second-order valence-corrected chi connectivity index (χ2v) is 13.2. The van der Waals surface area contributed by atoms with Crippen molar-refractivity contribution in [2.24, 2.45) is 0 Å². The molecule has 7 aromatic carbocycles. The van der Waals surface area contributed by atoms with Crippen LogP contribution < -0.4 is 0 Å². The molecular formula is C40H30O2S. The zero-order chi connectivity index (χ0) is 29.2. The Morgan fingerprint density at radius 2 is 0.837 bits per heavy atom. The highest BCUT2D eigenvalue weighted by atomic mass is 32.3. The first kappa shape index (κ1) is 26.8. The molecule has 0 aliphatic heterocycles. The molecule has 208 valence electrons. The summed E-state index contributed by atoms with van der Waals surface area (Å²) < 4.78 is 6.47. The topological polar surface area (TPSA) is 26.3 Å². The van der Waals surface area contributed by atoms with Gasteiger partial charge in [-0.2, -0.15) is 0 Å². The Morgan fingerprint density at radius 3 is 1.30 bits per heavy atom. The van der Waals surface area contributed by atoms with Crippen molar-refractivity contribution < 1.29 is 8.98 Å². The van der Waals surface area contributed by atoms with Crippen LogP contribution in [0, 0.1) is 0 Å². The van der Waals surface area contributed by atoms with E-state index in [1.54, 1.807) is 0 Å². The van der Waals surface area contributed by atoms with Crippen LogP contribution >= 0.6 is 10.3 Å². The fourth-order valence-electron chi connectivity index (χ4n) is 5.95. The van der Waals surface area contributed by atoms with Crippen LogP contribution in [0.25, 0.3) is 43.8 Å². The molecule has 0 aromatic heterocycles. The molecule has 0 aliphatic carbocycles. The minimum atomic E-state index is -2.36. The van der Waals surface area contributed by atoms with Gasteiger partial charge in [-0.15, -0.1) is 0 Å². The SMILES string of the molecule is CC(=O)OS(c1ccccc1)(c1ccc(-c2cccc3ccccc23)cc1)c1ccc(-c2cccc3ccccc23)cc1. The van der Waals surface area contributed by atoms with Crippen LogP contribution in [0.5, 0.6) is 0 Å². The van der Waals surface area contributed by atoms with Crippen molar-refractivity contribution in [3.63, 3.8) is 0 Å². The molecule has 7 aromatic rings. The van der Waals surface area contributed by atoms with Gasteiger partial charge in [0.15, 0.2) is 0 Å². The summed E-state index contributed by atoms with van der Waals surface area (Å²) in [5.41, 5.74) is 4.60. The molecule has 0 spiro atoms. The Balaban J connectivity index is 1.38. The lowest BCUT2D eigenvalue weighted by molar-refractivity contribution is -0.131. The summed E-state index contributed by atoms with van der Waals surface area (Å²) >= 11 is 0. The van der Waals surface area contributed by atoms with Crippen molar-refractivity contribution in [3.05, 3.63) is 164 Å². The summed E-state index contributed by atoms with van der Waals surface area (Å²) in [5, 5.41) is 4.84. The standard InChI is InChI=1S/C40H30O2S/c1-29(41)42-43(34-15-3-2-4-16-34,35-25-21-32(22-26-35)39-19-9-13-30-11-5-7-17-37(30)39)36-27-23-33(24-28-36)40-20-10-14-31-12-6-8-18-38(31)40/h2-28H,1H3. The van der Waals surface area contributed by atoms with Gasteiger partial charge in [0.05, 0.1) is 0 Å². The van der Waals surface area contributed by atoms with Crippen molar-refractivity contribution in [3.8, 4) is 22.3 Å². The lowest BCUT2D eigenvalue weighted by atomic mass is 9.98. The number of carbonyl (C=O) groups excluding carboxylic acids is 1. The van der Waals surface area contributed by atoms with Crippen LogP contribution in [-0.2, 0) is 8.98 Å². The quantitative estimate of drug-likeness (QED) is 0.197. The molecule has 0 atom stereocenters. The van der Waals surface area contributed by atoms with E-state index in [-0.39, 0.29) is 5.97 Å². The van der Waals surface area contributed by atoms with Gasteiger partial charge in [-0.25, -0.2) is 0 Å². The van der Waals surface area contributed by atoms with E-state index in [0.717, 1.165) is 25.8 Å². The molecule has 0 bridgehead atoms. The lowest BCUT2D eigenvalue weighted by Crippen LogP contribution is -2.11. The lowest BCUT2D eigenvalue weighted by Gasteiger charge is -2.39. The van der Waals surface area contributed by atoms with Gasteiger partial charge >= 0.3 is 5.97 Å². The third-order valence-corrected chi connectivity index (χ3v) is 11.2. The molecule has 0 saturated carbocycles. The first-order chi connectivity index (χ1) is 21.1. The predicted octanol–water partition coefficient (Wildman–Crippen LogP) is 11.1. The zero-order valence-electron chi connectivity index (χ0n) is 23.8. The normalized spacial score (nSPS) is 11.8. The monoisotopic (exact) mass is 574 g/mol. The van der Waals surface area contributed by atoms with E-state index >= 15 is 0 Å². The van der Waals surface area contributed by atoms with E-state index < -0.39 is 10.3 Å². The van der Waals surface area contributed by atoms with Crippen LogP contribution in [0.3, 0.4) is 0 Å². The van der Waals surface area contributed by atoms with Gasteiger partial charge in [0.25, 0.3) is 0 Å². The molecule has 0 aliphatic rings. The van der Waals surface area contributed by atoms with E-state index in [1.165, 1.54) is 39.6 Å². The minimum Gasteiger partial charge on any atom is -0.402 e. The van der Waals surface area contributed by atoms with Crippen LogP contribution in [0.1, 0.15) is 6.92 Å². The number of hydrogen-bond acceptors (Lipinski definition) is 2. The maximum Gasteiger partial charge on any atom is 0.313 e. The summed E-state index contributed by atoms with van der Waals surface area (Å²) in [7, 11) is -2.36. The third-order valence-electron chi connectivity index (χ3n) is 7.89. The molecule has 3 heteroatoms. The number of benzene rings is 7. The summed E-state index contributed by atoms with van der Waals surface area (Å²) in [6, 6.07) is 56.9. The van der Waals surface area contributed by atoms with E-state index in [2.05, 4.69) is 146 Å². The first-order valence-corrected chi connectivity index (χ1v) is 15.9. The molecule has 0 amide bonds. The predicted molar refractivity (Wildman–Crippen MR) is 179 cm³/mol. The number of hydrogen-bond donors (Lipinski definition) is 0. The fraction of sp³-hybridized carbons (Fsp3) is 0.0250. The maximum atomic E-state index is 12.8. The van der Waals surface area contributed by atoms with Gasteiger partial charge in [-0.1, -0.05) is 127 Å². The highest BCUT2D eigenvalue weighted by Crippen LogP contribution is 2.69. The molecule has 0 N–H and O–H groups in total. The average molecular weight is 575 g/mol. The minimum absolute atomic E-state index is 0.310. The Hall–Kier alpha value is -5.12. The molecule has 0 saturated heterocycles. The second kappa shape index (κ2) is 11.3. The van der Waals surface area contributed by atoms with Crippen molar-refractivity contribution in [2.45, 2.75) is 21.6 Å². The molecule has 2 nitrogen and oxygen atoms in total. The van der Waals surface area contributed by atoms with Gasteiger partial charge < -0.3 is 4.18 Å². The highest BCUT2D eigenvalue weighted by molar-refractivity contribution is 8.30. The van der Waals surface area contributed by atoms with Crippen molar-refractivity contribution in [1.82, 2.24) is 0 Å². The molecule has 0 heterocycles. The van der Waals surface area contributed by atoms with Gasteiger partial charge in [-0.3, -0.25) is 4.79 Å². The Morgan fingerprint density at radius 1 is 0.442 bits per heavy atom. The Labute approximate surface area is 253 Å². The van der Waals surface area contributed by atoms with Crippen LogP contribution in [0.2, 0.25) is 0 Å². The van der Waals surface area contributed by atoms with Crippen LogP contribution in [-0.4, -0.2) is 5.97 Å². The highest BCUT2D eigenvalue weighted by Gasteiger charge is 2.35. The molecular weight excluding hydrogens is 545 g/mol. The van der Waals surface area contributed by atoms with E-state index in [1.807, 2.05) is 18.2 Å². The average Bonchev–Trinajstić information content (AvgIpc) is 3.07. The van der Waals surface area contributed by atoms with E-state index in [9.17, 15) is 4.79 Å². The molecule has 0 radical (unpaired) electrons. The summed E-state index contributed by atoms with van der Waals surface area (Å²) in [6.45, 7) is 1.50. The van der Waals surface area contributed by atoms with Gasteiger partial charge in [0.1, 0.15) is 0 Å². The number of rotatable bonds is 6. The van der Waals surface area contributed by atoms with Gasteiger partial charge in [0.2, 0.25) is 0 Å².